The molecule has 104 valence electrons. The Morgan fingerprint density at radius 3 is 2.85 bits per heavy atom. The van der Waals surface area contributed by atoms with Crippen LogP contribution in [-0.2, 0) is 12.8 Å². The summed E-state index contributed by atoms with van der Waals surface area (Å²) in [4.78, 5) is 0. The van der Waals surface area contributed by atoms with Gasteiger partial charge < -0.3 is 10.5 Å². The fraction of sp³-hybridized carbons (Fsp3) is 0.294. The number of hydrogen-bond acceptors (Lipinski definition) is 2. The topological polar surface area (TPSA) is 35.2 Å². The third-order valence-electron chi connectivity index (χ3n) is 3.67. The molecule has 1 aliphatic heterocycles. The Morgan fingerprint density at radius 1 is 1.20 bits per heavy atom. The molecule has 2 aromatic rings. The Labute approximate surface area is 128 Å². The van der Waals surface area contributed by atoms with E-state index in [-0.39, 0.29) is 12.1 Å². The number of ether oxygens (including phenoxy) is 1. The van der Waals surface area contributed by atoms with Gasteiger partial charge in [0.2, 0.25) is 0 Å². The van der Waals surface area contributed by atoms with Gasteiger partial charge in [0.05, 0.1) is 0 Å². The molecule has 2 atom stereocenters. The van der Waals surface area contributed by atoms with Crippen LogP contribution in [0.15, 0.2) is 53.0 Å². The van der Waals surface area contributed by atoms with Crippen molar-refractivity contribution in [2.24, 2.45) is 5.73 Å². The lowest BCUT2D eigenvalue weighted by Gasteiger charge is -2.17. The summed E-state index contributed by atoms with van der Waals surface area (Å²) in [7, 11) is 0. The van der Waals surface area contributed by atoms with Crippen LogP contribution in [0.4, 0.5) is 0 Å². The van der Waals surface area contributed by atoms with Gasteiger partial charge in [-0.25, -0.2) is 0 Å². The van der Waals surface area contributed by atoms with E-state index in [0.29, 0.717) is 0 Å². The van der Waals surface area contributed by atoms with E-state index >= 15 is 0 Å². The second kappa shape index (κ2) is 5.98. The molecule has 0 amide bonds. The normalized spacial score (nSPS) is 18.4. The lowest BCUT2D eigenvalue weighted by molar-refractivity contribution is 0.210. The van der Waals surface area contributed by atoms with Gasteiger partial charge in [-0.15, -0.1) is 0 Å². The summed E-state index contributed by atoms with van der Waals surface area (Å²) in [6, 6.07) is 16.7. The molecule has 0 saturated heterocycles. The van der Waals surface area contributed by atoms with E-state index in [9.17, 15) is 0 Å². The smallest absolute Gasteiger partial charge is 0.123 e. The van der Waals surface area contributed by atoms with Crippen LogP contribution in [0.25, 0.3) is 0 Å². The Hall–Kier alpha value is -1.32. The van der Waals surface area contributed by atoms with Crippen molar-refractivity contribution in [2.75, 3.05) is 0 Å². The Kier molecular flexibility index (Phi) is 4.08. The summed E-state index contributed by atoms with van der Waals surface area (Å²) in [5.41, 5.74) is 8.84. The molecule has 1 aliphatic rings. The lowest BCUT2D eigenvalue weighted by Crippen LogP contribution is -2.30. The average Bonchev–Trinajstić information content (AvgIpc) is 2.80. The Balaban J connectivity index is 1.57. The molecule has 3 heteroatoms. The first-order valence-corrected chi connectivity index (χ1v) is 7.74. The highest BCUT2D eigenvalue weighted by atomic mass is 79.9. The largest absolute Gasteiger partial charge is 0.490 e. The van der Waals surface area contributed by atoms with Crippen LogP contribution in [0.1, 0.15) is 17.5 Å². The SMILES string of the molecule is NC(Cc1cccc(Br)c1)CC1Cc2ccccc2O1. The van der Waals surface area contributed by atoms with E-state index in [1.807, 2.05) is 24.3 Å². The molecule has 0 fully saturated rings. The van der Waals surface area contributed by atoms with E-state index in [0.717, 1.165) is 29.5 Å². The van der Waals surface area contributed by atoms with Crippen LogP contribution in [-0.4, -0.2) is 12.1 Å². The van der Waals surface area contributed by atoms with Crippen LogP contribution in [0, 0.1) is 0 Å². The molecule has 0 saturated carbocycles. The molecule has 2 nitrogen and oxygen atoms in total. The fourth-order valence-corrected chi connectivity index (χ4v) is 3.22. The quantitative estimate of drug-likeness (QED) is 0.926. The molecule has 20 heavy (non-hydrogen) atoms. The zero-order valence-corrected chi connectivity index (χ0v) is 12.8. The zero-order valence-electron chi connectivity index (χ0n) is 11.3. The van der Waals surface area contributed by atoms with Gasteiger partial charge in [0.1, 0.15) is 11.9 Å². The summed E-state index contributed by atoms with van der Waals surface area (Å²) < 4.78 is 7.05. The Bertz CT molecular complexity index is 574. The number of hydrogen-bond donors (Lipinski definition) is 1. The van der Waals surface area contributed by atoms with E-state index < -0.39 is 0 Å². The number of halogens is 1. The summed E-state index contributed by atoms with van der Waals surface area (Å²) in [5, 5.41) is 0. The number of nitrogens with two attached hydrogens (primary N) is 1. The number of benzene rings is 2. The predicted molar refractivity (Wildman–Crippen MR) is 85.0 cm³/mol. The van der Waals surface area contributed by atoms with Gasteiger partial charge in [-0.2, -0.15) is 0 Å². The maximum absolute atomic E-state index is 6.28. The molecule has 0 spiro atoms. The van der Waals surface area contributed by atoms with Gasteiger partial charge in [-0.3, -0.25) is 0 Å². The van der Waals surface area contributed by atoms with Crippen LogP contribution >= 0.6 is 15.9 Å². The molecule has 2 aromatic carbocycles. The summed E-state index contributed by atoms with van der Waals surface area (Å²) in [6.45, 7) is 0. The minimum atomic E-state index is 0.128. The molecule has 0 aromatic heterocycles. The van der Waals surface area contributed by atoms with Crippen LogP contribution in [0.2, 0.25) is 0 Å². The average molecular weight is 332 g/mol. The molecule has 2 unspecified atom stereocenters. The van der Waals surface area contributed by atoms with E-state index in [4.69, 9.17) is 10.5 Å². The third-order valence-corrected chi connectivity index (χ3v) is 4.16. The molecule has 0 aliphatic carbocycles. The third kappa shape index (κ3) is 3.22. The minimum Gasteiger partial charge on any atom is -0.490 e. The maximum Gasteiger partial charge on any atom is 0.123 e. The van der Waals surface area contributed by atoms with Crippen LogP contribution < -0.4 is 10.5 Å². The van der Waals surface area contributed by atoms with Crippen LogP contribution in [0.5, 0.6) is 5.75 Å². The molecule has 2 N–H and O–H groups in total. The van der Waals surface area contributed by atoms with E-state index in [2.05, 4.69) is 40.2 Å². The minimum absolute atomic E-state index is 0.128. The first-order chi connectivity index (χ1) is 9.70. The van der Waals surface area contributed by atoms with Gasteiger partial charge in [0.25, 0.3) is 0 Å². The zero-order chi connectivity index (χ0) is 13.9. The molecular weight excluding hydrogens is 314 g/mol. The maximum atomic E-state index is 6.28. The summed E-state index contributed by atoms with van der Waals surface area (Å²) in [6.07, 6.45) is 2.97. The predicted octanol–water partition coefficient (Wildman–Crippen LogP) is 3.71. The highest BCUT2D eigenvalue weighted by molar-refractivity contribution is 9.10. The fourth-order valence-electron chi connectivity index (χ4n) is 2.77. The van der Waals surface area contributed by atoms with Crippen molar-refractivity contribution < 1.29 is 4.74 Å². The van der Waals surface area contributed by atoms with Crippen molar-refractivity contribution >= 4 is 15.9 Å². The van der Waals surface area contributed by atoms with Gasteiger partial charge in [-0.1, -0.05) is 46.3 Å². The highest BCUT2D eigenvalue weighted by Gasteiger charge is 2.24. The second-order valence-corrected chi connectivity index (χ2v) is 6.30. The van der Waals surface area contributed by atoms with Crippen molar-refractivity contribution in [2.45, 2.75) is 31.4 Å². The summed E-state index contributed by atoms with van der Waals surface area (Å²) in [5.74, 6) is 1.02. The van der Waals surface area contributed by atoms with Gasteiger partial charge >= 0.3 is 0 Å². The molecule has 0 bridgehead atoms. The van der Waals surface area contributed by atoms with Gasteiger partial charge in [0.15, 0.2) is 0 Å². The second-order valence-electron chi connectivity index (χ2n) is 5.38. The number of rotatable bonds is 4. The lowest BCUT2D eigenvalue weighted by atomic mass is 9.99. The highest BCUT2D eigenvalue weighted by Crippen LogP contribution is 2.30. The summed E-state index contributed by atoms with van der Waals surface area (Å²) >= 11 is 3.49. The van der Waals surface area contributed by atoms with Crippen molar-refractivity contribution in [3.8, 4) is 5.75 Å². The monoisotopic (exact) mass is 331 g/mol. The van der Waals surface area contributed by atoms with Crippen LogP contribution in [0.3, 0.4) is 0 Å². The first kappa shape index (κ1) is 13.7. The molecular formula is C17H18BrNO. The van der Waals surface area contributed by atoms with Gasteiger partial charge in [0, 0.05) is 23.4 Å². The number of fused-ring (bicyclic) bond motifs is 1. The van der Waals surface area contributed by atoms with Gasteiger partial charge in [-0.05, 0) is 35.7 Å². The van der Waals surface area contributed by atoms with Crippen molar-refractivity contribution in [1.29, 1.82) is 0 Å². The molecule has 3 rings (SSSR count). The molecule has 0 radical (unpaired) electrons. The van der Waals surface area contributed by atoms with Crippen molar-refractivity contribution in [1.82, 2.24) is 0 Å². The van der Waals surface area contributed by atoms with Crippen molar-refractivity contribution in [3.05, 3.63) is 64.1 Å². The molecule has 1 heterocycles. The van der Waals surface area contributed by atoms with E-state index in [1.165, 1.54) is 11.1 Å². The first-order valence-electron chi connectivity index (χ1n) is 6.95. The van der Waals surface area contributed by atoms with Crippen molar-refractivity contribution in [3.63, 3.8) is 0 Å². The Morgan fingerprint density at radius 2 is 2.05 bits per heavy atom. The number of para-hydroxylation sites is 1. The standard InChI is InChI=1S/C17H18BrNO/c18-14-6-3-4-12(8-14)9-15(19)11-16-10-13-5-1-2-7-17(13)20-16/h1-8,15-16H,9-11,19H2. The van der Waals surface area contributed by atoms with E-state index in [1.54, 1.807) is 0 Å².